The molecule has 3 nitrogen and oxygen atoms in total. The number of aromatic hydroxyl groups is 1. The van der Waals surface area contributed by atoms with Gasteiger partial charge >= 0.3 is 6.18 Å². The highest BCUT2D eigenvalue weighted by Crippen LogP contribution is 2.34. The number of aryl methyl sites for hydroxylation is 1. The standard InChI is InChI=1S/C21H14ClF4NO2/c1-11-2-5-14(17(23)8-11)12-3-7-19(28)15(9-12)20(29)27-18-6-4-13(10-16(18)22)21(24,25)26/h2-10,28H,1H3,(H,27,29). The van der Waals surface area contributed by atoms with Crippen LogP contribution in [0.2, 0.25) is 5.02 Å². The van der Waals surface area contributed by atoms with Crippen LogP contribution in [0, 0.1) is 12.7 Å². The van der Waals surface area contributed by atoms with Gasteiger partial charge < -0.3 is 10.4 Å². The summed E-state index contributed by atoms with van der Waals surface area (Å²) in [6.07, 6.45) is -4.57. The second-order valence-electron chi connectivity index (χ2n) is 6.36. The third-order valence-electron chi connectivity index (χ3n) is 4.22. The molecule has 0 saturated heterocycles. The van der Waals surface area contributed by atoms with Crippen LogP contribution >= 0.6 is 11.6 Å². The highest BCUT2D eigenvalue weighted by atomic mass is 35.5. The molecule has 3 rings (SSSR count). The smallest absolute Gasteiger partial charge is 0.416 e. The predicted molar refractivity (Wildman–Crippen MR) is 103 cm³/mol. The number of hydrogen-bond acceptors (Lipinski definition) is 2. The Balaban J connectivity index is 1.92. The Morgan fingerprint density at radius 2 is 1.76 bits per heavy atom. The van der Waals surface area contributed by atoms with Crippen LogP contribution in [-0.4, -0.2) is 11.0 Å². The fourth-order valence-corrected chi connectivity index (χ4v) is 2.95. The van der Waals surface area contributed by atoms with E-state index in [-0.39, 0.29) is 27.6 Å². The second-order valence-corrected chi connectivity index (χ2v) is 6.77. The van der Waals surface area contributed by atoms with Gasteiger partial charge in [-0.3, -0.25) is 4.79 Å². The van der Waals surface area contributed by atoms with Gasteiger partial charge in [-0.05, 0) is 54.4 Å². The number of anilines is 1. The van der Waals surface area contributed by atoms with Crippen molar-refractivity contribution < 1.29 is 27.5 Å². The van der Waals surface area contributed by atoms with Gasteiger partial charge in [0.15, 0.2) is 0 Å². The van der Waals surface area contributed by atoms with Crippen molar-refractivity contribution in [2.45, 2.75) is 13.1 Å². The second kappa shape index (κ2) is 7.75. The SMILES string of the molecule is Cc1ccc(-c2ccc(O)c(C(=O)Nc3ccc(C(F)(F)F)cc3Cl)c2)c(F)c1. The predicted octanol–water partition coefficient (Wildman–Crippen LogP) is 6.43. The van der Waals surface area contributed by atoms with Gasteiger partial charge in [0.05, 0.1) is 21.8 Å². The lowest BCUT2D eigenvalue weighted by atomic mass is 10.0. The van der Waals surface area contributed by atoms with Crippen molar-refractivity contribution in [3.8, 4) is 16.9 Å². The quantitative estimate of drug-likeness (QED) is 0.477. The van der Waals surface area contributed by atoms with Crippen LogP contribution in [-0.2, 0) is 6.18 Å². The fraction of sp³-hybridized carbons (Fsp3) is 0.0952. The average Bonchev–Trinajstić information content (AvgIpc) is 2.63. The summed E-state index contributed by atoms with van der Waals surface area (Å²) in [6, 6.07) is 11.0. The maximum atomic E-state index is 14.2. The van der Waals surface area contributed by atoms with Gasteiger partial charge in [-0.2, -0.15) is 13.2 Å². The largest absolute Gasteiger partial charge is 0.507 e. The van der Waals surface area contributed by atoms with E-state index in [0.717, 1.165) is 17.7 Å². The lowest BCUT2D eigenvalue weighted by molar-refractivity contribution is -0.137. The molecule has 29 heavy (non-hydrogen) atoms. The molecule has 0 spiro atoms. The third-order valence-corrected chi connectivity index (χ3v) is 4.53. The lowest BCUT2D eigenvalue weighted by Gasteiger charge is -2.12. The van der Waals surface area contributed by atoms with E-state index in [0.29, 0.717) is 11.6 Å². The van der Waals surface area contributed by atoms with Crippen LogP contribution in [0.4, 0.5) is 23.2 Å². The van der Waals surface area contributed by atoms with Crippen LogP contribution in [0.1, 0.15) is 21.5 Å². The molecule has 1 amide bonds. The van der Waals surface area contributed by atoms with Gasteiger partial charge in [0, 0.05) is 5.56 Å². The first-order valence-corrected chi connectivity index (χ1v) is 8.71. The molecule has 8 heteroatoms. The van der Waals surface area contributed by atoms with Crippen LogP contribution in [0.15, 0.2) is 54.6 Å². The van der Waals surface area contributed by atoms with Crippen molar-refractivity contribution in [2.75, 3.05) is 5.32 Å². The first-order valence-electron chi connectivity index (χ1n) is 8.34. The molecule has 0 aliphatic carbocycles. The number of rotatable bonds is 3. The summed E-state index contributed by atoms with van der Waals surface area (Å²) in [7, 11) is 0. The van der Waals surface area contributed by atoms with E-state index in [1.54, 1.807) is 19.1 Å². The minimum atomic E-state index is -4.57. The number of hydrogen-bond donors (Lipinski definition) is 2. The van der Waals surface area contributed by atoms with Crippen molar-refractivity contribution >= 4 is 23.2 Å². The van der Waals surface area contributed by atoms with Gasteiger partial charge in [0.1, 0.15) is 11.6 Å². The summed E-state index contributed by atoms with van der Waals surface area (Å²) >= 11 is 5.84. The van der Waals surface area contributed by atoms with E-state index in [9.17, 15) is 27.5 Å². The number of halogens is 5. The Kier molecular flexibility index (Phi) is 5.53. The summed E-state index contributed by atoms with van der Waals surface area (Å²) in [5, 5.41) is 12.1. The highest BCUT2D eigenvalue weighted by Gasteiger charge is 2.31. The monoisotopic (exact) mass is 423 g/mol. The first-order chi connectivity index (χ1) is 13.6. The molecular formula is C21H14ClF4NO2. The average molecular weight is 424 g/mol. The van der Waals surface area contributed by atoms with Crippen LogP contribution in [0.3, 0.4) is 0 Å². The maximum Gasteiger partial charge on any atom is 0.416 e. The Bertz CT molecular complexity index is 1100. The van der Waals surface area contributed by atoms with Crippen molar-refractivity contribution in [3.63, 3.8) is 0 Å². The zero-order valence-electron chi connectivity index (χ0n) is 14.9. The van der Waals surface area contributed by atoms with Gasteiger partial charge in [0.2, 0.25) is 0 Å². The number of benzene rings is 3. The molecule has 0 heterocycles. The van der Waals surface area contributed by atoms with Crippen molar-refractivity contribution in [1.29, 1.82) is 0 Å². The molecule has 3 aromatic carbocycles. The fourth-order valence-electron chi connectivity index (χ4n) is 2.72. The zero-order chi connectivity index (χ0) is 21.3. The minimum absolute atomic E-state index is 0.0593. The van der Waals surface area contributed by atoms with E-state index >= 15 is 0 Å². The zero-order valence-corrected chi connectivity index (χ0v) is 15.7. The van der Waals surface area contributed by atoms with Crippen molar-refractivity contribution in [3.05, 3.63) is 82.1 Å². The summed E-state index contributed by atoms with van der Waals surface area (Å²) in [5.41, 5.74) is 0.107. The number of carbonyl (C=O) groups is 1. The number of phenolic OH excluding ortho intramolecular Hbond substituents is 1. The molecule has 0 aliphatic heterocycles. The summed E-state index contributed by atoms with van der Waals surface area (Å²) in [4.78, 5) is 12.5. The normalized spacial score (nSPS) is 11.4. The number of alkyl halides is 3. The molecular weight excluding hydrogens is 410 g/mol. The van der Waals surface area contributed by atoms with Crippen LogP contribution < -0.4 is 5.32 Å². The molecule has 2 N–H and O–H groups in total. The summed E-state index contributed by atoms with van der Waals surface area (Å²) < 4.78 is 52.4. The molecule has 0 radical (unpaired) electrons. The van der Waals surface area contributed by atoms with Crippen LogP contribution in [0.5, 0.6) is 5.75 Å². The molecule has 0 fully saturated rings. The van der Waals surface area contributed by atoms with E-state index in [1.165, 1.54) is 24.3 Å². The molecule has 0 aromatic heterocycles. The Morgan fingerprint density at radius 3 is 2.38 bits per heavy atom. The van der Waals surface area contributed by atoms with Crippen molar-refractivity contribution in [2.24, 2.45) is 0 Å². The Hall–Kier alpha value is -3.06. The molecule has 0 unspecified atom stereocenters. The van der Waals surface area contributed by atoms with Crippen molar-refractivity contribution in [1.82, 2.24) is 0 Å². The maximum absolute atomic E-state index is 14.2. The van der Waals surface area contributed by atoms with E-state index in [2.05, 4.69) is 5.32 Å². The van der Waals surface area contributed by atoms with E-state index < -0.39 is 23.5 Å². The van der Waals surface area contributed by atoms with Gasteiger partial charge in [-0.15, -0.1) is 0 Å². The molecule has 150 valence electrons. The number of amides is 1. The summed E-state index contributed by atoms with van der Waals surface area (Å²) in [5.74, 6) is -1.67. The topological polar surface area (TPSA) is 49.3 Å². The first kappa shape index (κ1) is 20.7. The molecule has 0 aliphatic rings. The third kappa shape index (κ3) is 4.51. The minimum Gasteiger partial charge on any atom is -0.507 e. The number of nitrogens with one attached hydrogen (secondary N) is 1. The Morgan fingerprint density at radius 1 is 1.03 bits per heavy atom. The van der Waals surface area contributed by atoms with E-state index in [1.807, 2.05) is 0 Å². The molecule has 0 atom stereocenters. The van der Waals surface area contributed by atoms with E-state index in [4.69, 9.17) is 11.6 Å². The molecule has 3 aromatic rings. The van der Waals surface area contributed by atoms with Gasteiger partial charge in [-0.25, -0.2) is 4.39 Å². The molecule has 0 saturated carbocycles. The summed E-state index contributed by atoms with van der Waals surface area (Å²) in [6.45, 7) is 1.73. The van der Waals surface area contributed by atoms with Crippen LogP contribution in [0.25, 0.3) is 11.1 Å². The lowest BCUT2D eigenvalue weighted by Crippen LogP contribution is -2.13. The highest BCUT2D eigenvalue weighted by molar-refractivity contribution is 6.34. The van der Waals surface area contributed by atoms with Gasteiger partial charge in [0.25, 0.3) is 5.91 Å². The number of carbonyl (C=O) groups excluding carboxylic acids is 1. The number of phenols is 1. The molecule has 0 bridgehead atoms. The van der Waals surface area contributed by atoms with Gasteiger partial charge in [-0.1, -0.05) is 29.8 Å². The Labute approximate surface area is 168 Å².